The Hall–Kier alpha value is -2.82. The fraction of sp³-hybridized carbons (Fsp3) is 0.321. The van der Waals surface area contributed by atoms with E-state index in [0.29, 0.717) is 6.04 Å². The highest BCUT2D eigenvalue weighted by atomic mass is 35.5. The predicted octanol–water partition coefficient (Wildman–Crippen LogP) is 5.88. The molecule has 1 saturated heterocycles. The molecule has 0 spiro atoms. The Labute approximate surface area is 201 Å². The van der Waals surface area contributed by atoms with Crippen molar-refractivity contribution < 1.29 is 0 Å². The summed E-state index contributed by atoms with van der Waals surface area (Å²) in [4.78, 5) is 10.0. The maximum atomic E-state index is 6.51. The van der Waals surface area contributed by atoms with Crippen molar-refractivity contribution in [1.29, 1.82) is 0 Å². The van der Waals surface area contributed by atoms with Crippen LogP contribution < -0.4 is 4.90 Å². The number of anilines is 1. The molecule has 4 nitrogen and oxygen atoms in total. The molecule has 0 bridgehead atoms. The van der Waals surface area contributed by atoms with Crippen molar-refractivity contribution in [2.75, 3.05) is 31.6 Å². The summed E-state index contributed by atoms with van der Waals surface area (Å²) in [7, 11) is 2.20. The van der Waals surface area contributed by atoms with Crippen LogP contribution in [0.3, 0.4) is 0 Å². The molecular formula is C28H31ClN4. The van der Waals surface area contributed by atoms with Gasteiger partial charge in [0.05, 0.1) is 17.6 Å². The van der Waals surface area contributed by atoms with E-state index in [2.05, 4.69) is 88.1 Å². The number of likely N-dealkylation sites (tertiary alicyclic amines) is 1. The zero-order chi connectivity index (χ0) is 22.6. The number of rotatable bonds is 7. The van der Waals surface area contributed by atoms with Crippen LogP contribution in [0.15, 0.2) is 78.9 Å². The monoisotopic (exact) mass is 458 g/mol. The van der Waals surface area contributed by atoms with E-state index in [4.69, 9.17) is 16.6 Å². The smallest absolute Gasteiger partial charge is 0.206 e. The van der Waals surface area contributed by atoms with Crippen LogP contribution in [-0.2, 0) is 13.0 Å². The Balaban J connectivity index is 1.30. The summed E-state index contributed by atoms with van der Waals surface area (Å²) in [6.07, 6.45) is 3.43. The van der Waals surface area contributed by atoms with Gasteiger partial charge in [-0.25, -0.2) is 4.98 Å². The summed E-state index contributed by atoms with van der Waals surface area (Å²) in [6.45, 7) is 4.11. The first kappa shape index (κ1) is 22.0. The lowest BCUT2D eigenvalue weighted by Crippen LogP contribution is -2.44. The van der Waals surface area contributed by atoms with Gasteiger partial charge in [-0.1, -0.05) is 72.3 Å². The van der Waals surface area contributed by atoms with Gasteiger partial charge in [-0.2, -0.15) is 0 Å². The van der Waals surface area contributed by atoms with E-state index in [9.17, 15) is 0 Å². The van der Waals surface area contributed by atoms with Crippen LogP contribution in [0.4, 0.5) is 5.95 Å². The van der Waals surface area contributed by atoms with E-state index in [1.54, 1.807) is 0 Å². The van der Waals surface area contributed by atoms with Gasteiger partial charge in [0.1, 0.15) is 0 Å². The zero-order valence-corrected chi connectivity index (χ0v) is 20.0. The van der Waals surface area contributed by atoms with Gasteiger partial charge in [0.2, 0.25) is 5.95 Å². The Morgan fingerprint density at radius 2 is 1.61 bits per heavy atom. The van der Waals surface area contributed by atoms with Crippen molar-refractivity contribution in [1.82, 2.24) is 14.5 Å². The van der Waals surface area contributed by atoms with Crippen LogP contribution in [0.25, 0.3) is 11.0 Å². The van der Waals surface area contributed by atoms with E-state index in [1.165, 1.54) is 5.56 Å². The molecule has 3 aromatic carbocycles. The van der Waals surface area contributed by atoms with Crippen molar-refractivity contribution in [3.63, 3.8) is 0 Å². The van der Waals surface area contributed by atoms with Crippen molar-refractivity contribution in [2.45, 2.75) is 31.8 Å². The Kier molecular flexibility index (Phi) is 6.65. The second kappa shape index (κ2) is 9.98. The topological polar surface area (TPSA) is 24.3 Å². The van der Waals surface area contributed by atoms with E-state index in [0.717, 1.165) is 73.0 Å². The number of piperidine rings is 1. The number of aromatic nitrogens is 2. The number of hydrogen-bond acceptors (Lipinski definition) is 3. The molecule has 170 valence electrons. The predicted molar refractivity (Wildman–Crippen MR) is 138 cm³/mol. The van der Waals surface area contributed by atoms with Gasteiger partial charge in [-0.15, -0.1) is 0 Å². The third-order valence-corrected chi connectivity index (χ3v) is 7.27. The highest BCUT2D eigenvalue weighted by Gasteiger charge is 2.26. The first-order chi connectivity index (χ1) is 16.2. The van der Waals surface area contributed by atoms with Crippen molar-refractivity contribution in [2.24, 2.45) is 0 Å². The average Bonchev–Trinajstić information content (AvgIpc) is 3.23. The Morgan fingerprint density at radius 3 is 2.39 bits per heavy atom. The van der Waals surface area contributed by atoms with Gasteiger partial charge in [0.25, 0.3) is 0 Å². The Morgan fingerprint density at radius 1 is 0.909 bits per heavy atom. The van der Waals surface area contributed by atoms with Gasteiger partial charge >= 0.3 is 0 Å². The van der Waals surface area contributed by atoms with Crippen LogP contribution in [-0.4, -0.2) is 47.2 Å². The summed E-state index contributed by atoms with van der Waals surface area (Å²) in [5, 5.41) is 0.801. The molecule has 0 amide bonds. The quantitative estimate of drug-likeness (QED) is 0.345. The number of benzene rings is 3. The molecule has 2 heterocycles. The third kappa shape index (κ3) is 4.92. The van der Waals surface area contributed by atoms with Gasteiger partial charge in [-0.05, 0) is 48.6 Å². The molecule has 1 aliphatic rings. The van der Waals surface area contributed by atoms with Gasteiger partial charge in [-0.3, -0.25) is 0 Å². The summed E-state index contributed by atoms with van der Waals surface area (Å²) in [6, 6.07) is 27.8. The molecule has 4 aromatic rings. The molecule has 0 N–H and O–H groups in total. The number of halogens is 1. The number of para-hydroxylation sites is 2. The highest BCUT2D eigenvalue weighted by Crippen LogP contribution is 2.28. The average molecular weight is 459 g/mol. The standard InChI is InChI=1S/C28H31ClN4/c1-31(24-16-19-32(20-17-24)18-15-22-9-3-2-4-10-22)28-30-26-13-7-8-14-27(26)33(28)21-23-11-5-6-12-25(23)29/h2-14,24H,15-21H2,1H3. The van der Waals surface area contributed by atoms with Crippen LogP contribution in [0.1, 0.15) is 24.0 Å². The highest BCUT2D eigenvalue weighted by molar-refractivity contribution is 6.31. The van der Waals surface area contributed by atoms with Crippen LogP contribution in [0, 0.1) is 0 Å². The van der Waals surface area contributed by atoms with Gasteiger partial charge < -0.3 is 14.4 Å². The fourth-order valence-corrected chi connectivity index (χ4v) is 5.11. The minimum atomic E-state index is 0.486. The first-order valence-corrected chi connectivity index (χ1v) is 12.2. The maximum Gasteiger partial charge on any atom is 0.206 e. The van der Waals surface area contributed by atoms with E-state index in [1.807, 2.05) is 12.1 Å². The van der Waals surface area contributed by atoms with Crippen LogP contribution in [0.5, 0.6) is 0 Å². The SMILES string of the molecule is CN(c1nc2ccccc2n1Cc1ccccc1Cl)C1CCN(CCc2ccccc2)CC1. The molecule has 1 fully saturated rings. The van der Waals surface area contributed by atoms with Gasteiger partial charge in [0, 0.05) is 37.7 Å². The summed E-state index contributed by atoms with van der Waals surface area (Å²) < 4.78 is 2.32. The van der Waals surface area contributed by atoms with Gasteiger partial charge in [0.15, 0.2) is 0 Å². The second-order valence-corrected chi connectivity index (χ2v) is 9.40. The number of hydrogen-bond donors (Lipinski definition) is 0. The maximum absolute atomic E-state index is 6.51. The molecule has 33 heavy (non-hydrogen) atoms. The summed E-state index contributed by atoms with van der Waals surface area (Å²) >= 11 is 6.51. The molecule has 5 heteroatoms. The largest absolute Gasteiger partial charge is 0.342 e. The molecule has 0 radical (unpaired) electrons. The minimum Gasteiger partial charge on any atom is -0.342 e. The molecular weight excluding hydrogens is 428 g/mol. The van der Waals surface area contributed by atoms with Crippen LogP contribution >= 0.6 is 11.6 Å². The van der Waals surface area contributed by atoms with Crippen LogP contribution in [0.2, 0.25) is 5.02 Å². The van der Waals surface area contributed by atoms with E-state index >= 15 is 0 Å². The summed E-state index contributed by atoms with van der Waals surface area (Å²) in [5.41, 5.74) is 4.73. The number of fused-ring (bicyclic) bond motifs is 1. The van der Waals surface area contributed by atoms with Crippen molar-refractivity contribution >= 4 is 28.6 Å². The normalized spacial score (nSPS) is 15.2. The summed E-state index contributed by atoms with van der Waals surface area (Å²) in [5.74, 6) is 1.03. The molecule has 1 aliphatic heterocycles. The first-order valence-electron chi connectivity index (χ1n) is 11.9. The molecule has 0 aliphatic carbocycles. The molecule has 5 rings (SSSR count). The minimum absolute atomic E-state index is 0.486. The van der Waals surface area contributed by atoms with E-state index in [-0.39, 0.29) is 0 Å². The second-order valence-electron chi connectivity index (χ2n) is 9.00. The molecule has 0 atom stereocenters. The third-order valence-electron chi connectivity index (χ3n) is 6.90. The lowest BCUT2D eigenvalue weighted by Gasteiger charge is -2.37. The lowest BCUT2D eigenvalue weighted by atomic mass is 10.0. The zero-order valence-electron chi connectivity index (χ0n) is 19.2. The number of nitrogens with zero attached hydrogens (tertiary/aromatic N) is 4. The molecule has 0 unspecified atom stereocenters. The lowest BCUT2D eigenvalue weighted by molar-refractivity contribution is 0.212. The fourth-order valence-electron chi connectivity index (χ4n) is 4.91. The Bertz CT molecular complexity index is 1190. The number of imidazole rings is 1. The molecule has 1 aromatic heterocycles. The van der Waals surface area contributed by atoms with Crippen molar-refractivity contribution in [3.05, 3.63) is 95.0 Å². The van der Waals surface area contributed by atoms with E-state index < -0.39 is 0 Å². The molecule has 0 saturated carbocycles. The van der Waals surface area contributed by atoms with Crippen molar-refractivity contribution in [3.8, 4) is 0 Å².